The maximum absolute atomic E-state index is 14.4. The third-order valence-corrected chi connectivity index (χ3v) is 5.42. The SMILES string of the molecule is C[C@@H](NC(=O)Oc1c[nH]c2ncc(-c3ncn4cc(F)cc(F)c34)nc12)C(=O)N1CC(C#N)C1. The molecule has 4 aromatic heterocycles. The fourth-order valence-electron chi connectivity index (χ4n) is 3.68. The summed E-state index contributed by atoms with van der Waals surface area (Å²) in [7, 11) is 0. The molecule has 0 saturated carbocycles. The minimum Gasteiger partial charge on any atom is -0.406 e. The van der Waals surface area contributed by atoms with Gasteiger partial charge in [0.1, 0.15) is 35.1 Å². The van der Waals surface area contributed by atoms with Crippen LogP contribution in [0.4, 0.5) is 13.6 Å². The Labute approximate surface area is 190 Å². The average molecular weight is 466 g/mol. The van der Waals surface area contributed by atoms with Crippen LogP contribution in [-0.4, -0.2) is 60.4 Å². The number of hydrogen-bond donors (Lipinski definition) is 2. The number of fused-ring (bicyclic) bond motifs is 2. The zero-order valence-corrected chi connectivity index (χ0v) is 17.6. The number of H-pyrrole nitrogens is 1. The van der Waals surface area contributed by atoms with Gasteiger partial charge in [0, 0.05) is 31.5 Å². The number of nitrogens with zero attached hydrogens (tertiary/aromatic N) is 6. The molecule has 5 heterocycles. The molecule has 0 aromatic carbocycles. The van der Waals surface area contributed by atoms with E-state index >= 15 is 0 Å². The molecule has 13 heteroatoms. The number of likely N-dealkylation sites (tertiary alicyclic amines) is 1. The van der Waals surface area contributed by atoms with Crippen molar-refractivity contribution in [3.63, 3.8) is 0 Å². The maximum atomic E-state index is 14.4. The first-order chi connectivity index (χ1) is 16.3. The number of amides is 2. The molecule has 1 fully saturated rings. The van der Waals surface area contributed by atoms with Crippen LogP contribution >= 0.6 is 0 Å². The number of imidazole rings is 1. The van der Waals surface area contributed by atoms with Gasteiger partial charge in [-0.15, -0.1) is 0 Å². The molecule has 0 bridgehead atoms. The Hall–Kier alpha value is -4.60. The van der Waals surface area contributed by atoms with Gasteiger partial charge < -0.3 is 24.3 Å². The Bertz CT molecular complexity index is 1480. The van der Waals surface area contributed by atoms with Crippen molar-refractivity contribution in [2.75, 3.05) is 13.1 Å². The molecule has 172 valence electrons. The number of halogens is 2. The number of pyridine rings is 1. The Morgan fingerprint density at radius 1 is 1.35 bits per heavy atom. The normalized spacial score (nSPS) is 14.6. The highest BCUT2D eigenvalue weighted by atomic mass is 19.1. The van der Waals surface area contributed by atoms with Crippen molar-refractivity contribution in [2.24, 2.45) is 5.92 Å². The van der Waals surface area contributed by atoms with E-state index < -0.39 is 23.8 Å². The van der Waals surface area contributed by atoms with Crippen molar-refractivity contribution in [1.29, 1.82) is 5.26 Å². The van der Waals surface area contributed by atoms with Gasteiger partial charge in [-0.3, -0.25) is 4.79 Å². The van der Waals surface area contributed by atoms with Crippen LogP contribution in [0.25, 0.3) is 28.1 Å². The second-order valence-corrected chi connectivity index (χ2v) is 7.79. The topological polar surface area (TPSA) is 141 Å². The number of nitriles is 1. The molecule has 0 aliphatic carbocycles. The van der Waals surface area contributed by atoms with Crippen LogP contribution in [0.15, 0.2) is 31.0 Å². The molecule has 34 heavy (non-hydrogen) atoms. The molecule has 1 atom stereocenters. The second kappa shape index (κ2) is 8.07. The largest absolute Gasteiger partial charge is 0.413 e. The van der Waals surface area contributed by atoms with Crippen molar-refractivity contribution in [3.05, 3.63) is 42.6 Å². The number of carbonyl (C=O) groups excluding carboxylic acids is 2. The number of nitrogens with one attached hydrogen (secondary N) is 2. The van der Waals surface area contributed by atoms with Gasteiger partial charge in [-0.1, -0.05) is 0 Å². The summed E-state index contributed by atoms with van der Waals surface area (Å²) in [6.07, 6.45) is 4.17. The standard InChI is InChI=1S/C21H16F2N8O3/c1-10(20(32)30-6-11(3-24)7-30)28-21(33)34-15-5-26-19-17(15)29-14(4-25-19)16-18-13(23)2-12(22)8-31(18)9-27-16/h2,4-5,8-11H,6-7H2,1H3,(H,25,26)(H,28,33)/t10-/m1/s1. The molecule has 4 aromatic rings. The Kier molecular flexibility index (Phi) is 5.05. The molecule has 1 aliphatic heterocycles. The van der Waals surface area contributed by atoms with Gasteiger partial charge >= 0.3 is 6.09 Å². The summed E-state index contributed by atoms with van der Waals surface area (Å²) >= 11 is 0. The summed E-state index contributed by atoms with van der Waals surface area (Å²) in [5.41, 5.74) is 0.804. The molecular weight excluding hydrogens is 450 g/mol. The highest BCUT2D eigenvalue weighted by Gasteiger charge is 2.33. The van der Waals surface area contributed by atoms with E-state index in [0.29, 0.717) is 18.7 Å². The zero-order valence-electron chi connectivity index (χ0n) is 17.6. The first kappa shape index (κ1) is 21.3. The summed E-state index contributed by atoms with van der Waals surface area (Å²) in [6.45, 7) is 2.16. The fraction of sp³-hybridized carbons (Fsp3) is 0.238. The van der Waals surface area contributed by atoms with Gasteiger partial charge in [-0.05, 0) is 6.92 Å². The lowest BCUT2D eigenvalue weighted by Gasteiger charge is -2.36. The van der Waals surface area contributed by atoms with Crippen LogP contribution in [-0.2, 0) is 4.79 Å². The third kappa shape index (κ3) is 3.64. The summed E-state index contributed by atoms with van der Waals surface area (Å²) in [5, 5.41) is 11.3. The molecule has 1 aliphatic rings. The third-order valence-electron chi connectivity index (χ3n) is 5.42. The predicted molar refractivity (Wildman–Crippen MR) is 112 cm³/mol. The molecule has 1 saturated heterocycles. The highest BCUT2D eigenvalue weighted by molar-refractivity contribution is 5.88. The molecule has 0 spiro atoms. The number of carbonyl (C=O) groups is 2. The summed E-state index contributed by atoms with van der Waals surface area (Å²) < 4.78 is 34.4. The summed E-state index contributed by atoms with van der Waals surface area (Å²) in [5.74, 6) is -2.06. The Morgan fingerprint density at radius 2 is 2.15 bits per heavy atom. The number of rotatable bonds is 4. The minimum absolute atomic E-state index is 0.0164. The van der Waals surface area contributed by atoms with Gasteiger partial charge in [-0.2, -0.15) is 5.26 Å². The molecule has 5 rings (SSSR count). The van der Waals surface area contributed by atoms with E-state index in [1.807, 2.05) is 0 Å². The van der Waals surface area contributed by atoms with E-state index in [2.05, 4.69) is 31.3 Å². The van der Waals surface area contributed by atoms with E-state index in [4.69, 9.17) is 10.00 Å². The second-order valence-electron chi connectivity index (χ2n) is 7.79. The molecule has 2 N–H and O–H groups in total. The van der Waals surface area contributed by atoms with Crippen LogP contribution in [0.1, 0.15) is 6.92 Å². The van der Waals surface area contributed by atoms with Crippen molar-refractivity contribution >= 4 is 28.7 Å². The zero-order chi connectivity index (χ0) is 24.0. The van der Waals surface area contributed by atoms with Crippen LogP contribution in [0, 0.1) is 28.9 Å². The molecule has 0 unspecified atom stereocenters. The highest BCUT2D eigenvalue weighted by Crippen LogP contribution is 2.28. The summed E-state index contributed by atoms with van der Waals surface area (Å²) in [6, 6.07) is 1.96. The molecule has 2 amide bonds. The predicted octanol–water partition coefficient (Wildman–Crippen LogP) is 2.01. The number of hydrogen-bond acceptors (Lipinski definition) is 7. The van der Waals surface area contributed by atoms with Gasteiger partial charge in [0.05, 0.1) is 18.2 Å². The van der Waals surface area contributed by atoms with Gasteiger partial charge in [0.15, 0.2) is 22.7 Å². The number of ether oxygens (including phenoxy) is 1. The first-order valence-electron chi connectivity index (χ1n) is 10.2. The molecule has 0 radical (unpaired) electrons. The monoisotopic (exact) mass is 466 g/mol. The van der Waals surface area contributed by atoms with Crippen LogP contribution < -0.4 is 10.1 Å². The van der Waals surface area contributed by atoms with E-state index in [0.717, 1.165) is 12.3 Å². The minimum atomic E-state index is -0.889. The van der Waals surface area contributed by atoms with Crippen LogP contribution in [0.2, 0.25) is 0 Å². The van der Waals surface area contributed by atoms with E-state index in [1.165, 1.54) is 34.9 Å². The Morgan fingerprint density at radius 3 is 2.91 bits per heavy atom. The lowest BCUT2D eigenvalue weighted by molar-refractivity contribution is -0.137. The Balaban J connectivity index is 1.35. The first-order valence-corrected chi connectivity index (χ1v) is 10.2. The van der Waals surface area contributed by atoms with Gasteiger partial charge in [-0.25, -0.2) is 28.5 Å². The smallest absolute Gasteiger partial charge is 0.406 e. The summed E-state index contributed by atoms with van der Waals surface area (Å²) in [4.78, 5) is 41.7. The van der Waals surface area contributed by atoms with E-state index in [-0.39, 0.29) is 40.0 Å². The van der Waals surface area contributed by atoms with Crippen molar-refractivity contribution in [1.82, 2.24) is 34.6 Å². The quantitative estimate of drug-likeness (QED) is 0.469. The fourth-order valence-corrected chi connectivity index (χ4v) is 3.68. The van der Waals surface area contributed by atoms with Crippen molar-refractivity contribution in [2.45, 2.75) is 13.0 Å². The molecular formula is C21H16F2N8O3. The van der Waals surface area contributed by atoms with Crippen LogP contribution in [0.5, 0.6) is 5.75 Å². The van der Waals surface area contributed by atoms with E-state index in [1.54, 1.807) is 0 Å². The van der Waals surface area contributed by atoms with Gasteiger partial charge in [0.25, 0.3) is 0 Å². The molecule has 11 nitrogen and oxygen atoms in total. The lowest BCUT2D eigenvalue weighted by Crippen LogP contribution is -2.56. The lowest BCUT2D eigenvalue weighted by atomic mass is 10.0. The van der Waals surface area contributed by atoms with Gasteiger partial charge in [0.2, 0.25) is 5.91 Å². The van der Waals surface area contributed by atoms with Crippen LogP contribution in [0.3, 0.4) is 0 Å². The number of aromatic amines is 1. The van der Waals surface area contributed by atoms with Crippen molar-refractivity contribution < 1.29 is 23.1 Å². The maximum Gasteiger partial charge on any atom is 0.413 e. The number of aromatic nitrogens is 5. The van der Waals surface area contributed by atoms with E-state index in [9.17, 15) is 18.4 Å². The van der Waals surface area contributed by atoms with Crippen molar-refractivity contribution in [3.8, 4) is 23.2 Å². The average Bonchev–Trinajstić information content (AvgIpc) is 3.36.